The first-order valence-electron chi connectivity index (χ1n) is 11.5. The number of aromatic nitrogens is 2. The van der Waals surface area contributed by atoms with E-state index in [-0.39, 0.29) is 0 Å². The van der Waals surface area contributed by atoms with Crippen molar-refractivity contribution in [1.29, 1.82) is 0 Å². The zero-order valence-electron chi connectivity index (χ0n) is 18.9. The maximum absolute atomic E-state index is 10.9. The van der Waals surface area contributed by atoms with Gasteiger partial charge in [-0.25, -0.2) is 0 Å². The van der Waals surface area contributed by atoms with Crippen molar-refractivity contribution in [2.45, 2.75) is 18.1 Å². The third-order valence-corrected chi connectivity index (χ3v) is 6.59. The molecule has 0 amide bonds. The second-order valence-corrected chi connectivity index (χ2v) is 8.67. The number of rotatable bonds is 5. The molecule has 0 aliphatic carbocycles. The maximum atomic E-state index is 10.9. The largest absolute Gasteiger partial charge is 0.389 e. The van der Waals surface area contributed by atoms with Gasteiger partial charge in [-0.1, -0.05) is 91.0 Å². The summed E-state index contributed by atoms with van der Waals surface area (Å²) in [6, 6.07) is 34.1. The van der Waals surface area contributed by atoms with E-state index < -0.39 is 11.6 Å². The SMILES string of the molecule is Cn1ccc(/C=C2/CN(C(c3ccccc3)(c3ccccc3)c3ccccc3)CCC2O)n1. The lowest BCUT2D eigenvalue weighted by Gasteiger charge is -2.48. The van der Waals surface area contributed by atoms with Crippen molar-refractivity contribution in [2.24, 2.45) is 7.05 Å². The van der Waals surface area contributed by atoms with Crippen LogP contribution in [0.3, 0.4) is 0 Å². The second-order valence-electron chi connectivity index (χ2n) is 8.67. The Kier molecular flexibility index (Phi) is 5.95. The Hall–Kier alpha value is -3.47. The Morgan fingerprint density at radius 1 is 0.818 bits per heavy atom. The van der Waals surface area contributed by atoms with Crippen molar-refractivity contribution < 1.29 is 5.11 Å². The van der Waals surface area contributed by atoms with Gasteiger partial charge in [-0.05, 0) is 40.8 Å². The van der Waals surface area contributed by atoms with Crippen LogP contribution < -0.4 is 0 Å². The van der Waals surface area contributed by atoms with Crippen molar-refractivity contribution >= 4 is 6.08 Å². The molecular formula is C29H29N3O. The van der Waals surface area contributed by atoms with E-state index in [4.69, 9.17) is 0 Å². The zero-order valence-corrected chi connectivity index (χ0v) is 18.9. The molecule has 5 rings (SSSR count). The normalized spacial score (nSPS) is 18.5. The molecule has 1 aliphatic rings. The number of piperidine rings is 1. The molecule has 0 bridgehead atoms. The number of hydrogen-bond acceptors (Lipinski definition) is 3. The predicted molar refractivity (Wildman–Crippen MR) is 133 cm³/mol. The molecule has 1 saturated heterocycles. The van der Waals surface area contributed by atoms with E-state index in [1.807, 2.05) is 25.4 Å². The fourth-order valence-corrected chi connectivity index (χ4v) is 5.08. The minimum Gasteiger partial charge on any atom is -0.389 e. The Labute approximate surface area is 195 Å². The van der Waals surface area contributed by atoms with Crippen molar-refractivity contribution in [3.8, 4) is 0 Å². The molecular weight excluding hydrogens is 406 g/mol. The molecule has 166 valence electrons. The third kappa shape index (κ3) is 4.04. The topological polar surface area (TPSA) is 41.3 Å². The Bertz CT molecular complexity index is 1120. The molecule has 1 fully saturated rings. The Balaban J connectivity index is 1.70. The number of hydrogen-bond donors (Lipinski definition) is 1. The van der Waals surface area contributed by atoms with Gasteiger partial charge in [0, 0.05) is 26.3 Å². The van der Waals surface area contributed by atoms with Gasteiger partial charge in [-0.15, -0.1) is 0 Å². The summed E-state index contributed by atoms with van der Waals surface area (Å²) in [5, 5.41) is 15.4. The summed E-state index contributed by atoms with van der Waals surface area (Å²) in [6.07, 6.45) is 4.18. The van der Waals surface area contributed by atoms with Gasteiger partial charge in [0.1, 0.15) is 0 Å². The average Bonchev–Trinajstić information content (AvgIpc) is 3.28. The number of aryl methyl sites for hydroxylation is 1. The first-order valence-corrected chi connectivity index (χ1v) is 11.5. The molecule has 4 nitrogen and oxygen atoms in total. The standard InChI is InChI=1S/C29H29N3O/c1-31-19-17-27(30-31)21-23-22-32(20-18-28(23)33)29(24-11-5-2-6-12-24,25-13-7-3-8-14-25)26-15-9-4-10-16-26/h2-17,19,21,28,33H,18,20,22H2,1H3/b23-21-. The molecule has 33 heavy (non-hydrogen) atoms. The van der Waals surface area contributed by atoms with Crippen LogP contribution in [0.2, 0.25) is 0 Å². The van der Waals surface area contributed by atoms with Crippen molar-refractivity contribution in [2.75, 3.05) is 13.1 Å². The van der Waals surface area contributed by atoms with Crippen LogP contribution in [0.5, 0.6) is 0 Å². The molecule has 0 saturated carbocycles. The van der Waals surface area contributed by atoms with Gasteiger partial charge in [0.15, 0.2) is 0 Å². The van der Waals surface area contributed by atoms with Crippen molar-refractivity contribution in [3.63, 3.8) is 0 Å². The number of nitrogens with zero attached hydrogens (tertiary/aromatic N) is 3. The van der Waals surface area contributed by atoms with Gasteiger partial charge in [0.25, 0.3) is 0 Å². The smallest absolute Gasteiger partial charge is 0.0975 e. The predicted octanol–water partition coefficient (Wildman–Crippen LogP) is 4.86. The summed E-state index contributed by atoms with van der Waals surface area (Å²) in [5.74, 6) is 0. The summed E-state index contributed by atoms with van der Waals surface area (Å²) in [4.78, 5) is 2.51. The van der Waals surface area contributed by atoms with Crippen molar-refractivity contribution in [3.05, 3.63) is 131 Å². The lowest BCUT2D eigenvalue weighted by molar-refractivity contribution is 0.0871. The highest BCUT2D eigenvalue weighted by molar-refractivity contribution is 5.53. The van der Waals surface area contributed by atoms with Crippen molar-refractivity contribution in [1.82, 2.24) is 14.7 Å². The monoisotopic (exact) mass is 435 g/mol. The zero-order chi connectivity index (χ0) is 22.7. The highest BCUT2D eigenvalue weighted by Crippen LogP contribution is 2.44. The summed E-state index contributed by atoms with van der Waals surface area (Å²) in [5.41, 5.74) is 5.04. The summed E-state index contributed by atoms with van der Waals surface area (Å²) in [6.45, 7) is 1.43. The number of benzene rings is 3. The molecule has 1 unspecified atom stereocenters. The molecule has 2 heterocycles. The molecule has 4 heteroatoms. The molecule has 0 spiro atoms. The Morgan fingerprint density at radius 3 is 1.79 bits per heavy atom. The molecule has 0 radical (unpaired) electrons. The minimum absolute atomic E-state index is 0.469. The van der Waals surface area contributed by atoms with E-state index >= 15 is 0 Å². The first-order chi connectivity index (χ1) is 16.2. The highest BCUT2D eigenvalue weighted by atomic mass is 16.3. The van der Waals surface area contributed by atoms with Crippen LogP contribution in [0.1, 0.15) is 28.8 Å². The van der Waals surface area contributed by atoms with E-state index in [1.54, 1.807) is 4.68 Å². The molecule has 4 aromatic rings. The fourth-order valence-electron chi connectivity index (χ4n) is 5.08. The van der Waals surface area contributed by atoms with Crippen LogP contribution in [0.25, 0.3) is 6.08 Å². The molecule has 1 aliphatic heterocycles. The van der Waals surface area contributed by atoms with E-state index in [2.05, 4.69) is 101 Å². The average molecular weight is 436 g/mol. The van der Waals surface area contributed by atoms with E-state index in [0.29, 0.717) is 13.0 Å². The summed E-state index contributed by atoms with van der Waals surface area (Å²) in [7, 11) is 1.91. The van der Waals surface area contributed by atoms with E-state index in [9.17, 15) is 5.11 Å². The number of aliphatic hydroxyl groups is 1. The molecule has 1 atom stereocenters. The van der Waals surface area contributed by atoms with Gasteiger partial charge >= 0.3 is 0 Å². The van der Waals surface area contributed by atoms with Crippen LogP contribution in [0, 0.1) is 0 Å². The Morgan fingerprint density at radius 2 is 1.33 bits per heavy atom. The number of likely N-dealkylation sites (tertiary alicyclic amines) is 1. The molecule has 1 N–H and O–H groups in total. The molecule has 3 aromatic carbocycles. The van der Waals surface area contributed by atoms with Crippen LogP contribution in [0.15, 0.2) is 109 Å². The second kappa shape index (κ2) is 9.18. The lowest BCUT2D eigenvalue weighted by atomic mass is 9.74. The summed E-state index contributed by atoms with van der Waals surface area (Å²) < 4.78 is 1.79. The van der Waals surface area contributed by atoms with Crippen LogP contribution in [0.4, 0.5) is 0 Å². The third-order valence-electron chi connectivity index (χ3n) is 6.59. The highest BCUT2D eigenvalue weighted by Gasteiger charge is 2.44. The lowest BCUT2D eigenvalue weighted by Crippen LogP contribution is -2.52. The van der Waals surface area contributed by atoms with Crippen LogP contribution in [-0.4, -0.2) is 39.0 Å². The van der Waals surface area contributed by atoms with Gasteiger partial charge in [0.05, 0.1) is 17.3 Å². The maximum Gasteiger partial charge on any atom is 0.0975 e. The quantitative estimate of drug-likeness (QED) is 0.455. The van der Waals surface area contributed by atoms with E-state index in [1.165, 1.54) is 16.7 Å². The minimum atomic E-state index is -0.479. The molecule has 1 aromatic heterocycles. The summed E-state index contributed by atoms with van der Waals surface area (Å²) >= 11 is 0. The van der Waals surface area contributed by atoms with E-state index in [0.717, 1.165) is 17.8 Å². The number of aliphatic hydroxyl groups excluding tert-OH is 1. The van der Waals surface area contributed by atoms with Gasteiger partial charge in [-0.2, -0.15) is 5.10 Å². The van der Waals surface area contributed by atoms with Gasteiger partial charge in [-0.3, -0.25) is 9.58 Å². The fraction of sp³-hybridized carbons (Fsp3) is 0.207. The first kappa shape index (κ1) is 21.4. The van der Waals surface area contributed by atoms with Crippen LogP contribution in [-0.2, 0) is 12.6 Å². The van der Waals surface area contributed by atoms with Crippen LogP contribution >= 0.6 is 0 Å². The van der Waals surface area contributed by atoms with Gasteiger partial charge in [0.2, 0.25) is 0 Å². The van der Waals surface area contributed by atoms with Gasteiger partial charge < -0.3 is 5.11 Å².